The summed E-state index contributed by atoms with van der Waals surface area (Å²) in [5, 5.41) is 3.73. The van der Waals surface area contributed by atoms with Gasteiger partial charge in [0.05, 0.1) is 26.2 Å². The maximum atomic E-state index is 3.26. The molecule has 3 N–H and O–H groups in total. The molecule has 2 heterocycles. The molecule has 3 nitrogen and oxygen atoms in total. The van der Waals surface area contributed by atoms with Crippen LogP contribution in [0.5, 0.6) is 0 Å². The average molecular weight is 202 g/mol. The number of hydrogen-bond donors (Lipinski definition) is 2. The van der Waals surface area contributed by atoms with E-state index >= 15 is 0 Å². The Labute approximate surface area is 89.1 Å². The van der Waals surface area contributed by atoms with Gasteiger partial charge in [-0.1, -0.05) is 6.07 Å². The molecule has 0 spiro atoms. The highest BCUT2D eigenvalue weighted by Gasteiger charge is 2.14. The van der Waals surface area contributed by atoms with Crippen molar-refractivity contribution in [2.24, 2.45) is 0 Å². The van der Waals surface area contributed by atoms with Crippen molar-refractivity contribution in [3.8, 4) is 0 Å². The van der Waals surface area contributed by atoms with Gasteiger partial charge in [-0.2, -0.15) is 0 Å². The molecule has 0 radical (unpaired) electrons. The summed E-state index contributed by atoms with van der Waals surface area (Å²) in [7, 11) is 0. The molecular formula is C12H16N3+. The summed E-state index contributed by atoms with van der Waals surface area (Å²) >= 11 is 0. The summed E-state index contributed by atoms with van der Waals surface area (Å²) in [5.74, 6) is 0. The number of H-pyrrole nitrogens is 1. The zero-order valence-electron chi connectivity index (χ0n) is 8.74. The number of quaternary nitrogens is 1. The van der Waals surface area contributed by atoms with Crippen LogP contribution in [-0.4, -0.2) is 31.2 Å². The van der Waals surface area contributed by atoms with Crippen LogP contribution in [0.1, 0.15) is 0 Å². The SMILES string of the molecule is c1cc(N2CC[NH2+]CC2)c2cc[nH]c2c1. The molecule has 0 saturated carbocycles. The molecular weight excluding hydrogens is 186 g/mol. The molecule has 1 aliphatic rings. The number of anilines is 1. The van der Waals surface area contributed by atoms with Gasteiger partial charge in [-0.05, 0) is 18.2 Å². The highest BCUT2D eigenvalue weighted by atomic mass is 15.2. The highest BCUT2D eigenvalue weighted by molar-refractivity contribution is 5.92. The summed E-state index contributed by atoms with van der Waals surface area (Å²) < 4.78 is 0. The number of aromatic amines is 1. The van der Waals surface area contributed by atoms with E-state index in [4.69, 9.17) is 0 Å². The Morgan fingerprint density at radius 3 is 2.87 bits per heavy atom. The first-order chi connectivity index (χ1) is 7.45. The van der Waals surface area contributed by atoms with Gasteiger partial charge in [-0.25, -0.2) is 0 Å². The Morgan fingerprint density at radius 1 is 1.13 bits per heavy atom. The lowest BCUT2D eigenvalue weighted by molar-refractivity contribution is -0.655. The fraction of sp³-hybridized carbons (Fsp3) is 0.333. The van der Waals surface area contributed by atoms with Crippen LogP contribution in [0, 0.1) is 0 Å². The minimum absolute atomic E-state index is 1.16. The number of piperazine rings is 1. The quantitative estimate of drug-likeness (QED) is 0.696. The highest BCUT2D eigenvalue weighted by Crippen LogP contribution is 2.25. The first-order valence-corrected chi connectivity index (χ1v) is 5.58. The van der Waals surface area contributed by atoms with E-state index in [1.54, 1.807) is 0 Å². The number of nitrogens with zero attached hydrogens (tertiary/aromatic N) is 1. The molecule has 0 bridgehead atoms. The second-order valence-corrected chi connectivity index (χ2v) is 4.07. The molecule has 1 aromatic heterocycles. The number of benzene rings is 1. The van der Waals surface area contributed by atoms with E-state index in [2.05, 4.69) is 39.5 Å². The smallest absolute Gasteiger partial charge is 0.0934 e. The van der Waals surface area contributed by atoms with Crippen molar-refractivity contribution >= 4 is 16.6 Å². The first kappa shape index (κ1) is 8.80. The number of aromatic nitrogens is 1. The van der Waals surface area contributed by atoms with Crippen LogP contribution in [-0.2, 0) is 0 Å². The minimum Gasteiger partial charge on any atom is -0.361 e. The Hall–Kier alpha value is -1.48. The Bertz CT molecular complexity index is 455. The molecule has 0 unspecified atom stereocenters. The topological polar surface area (TPSA) is 35.6 Å². The molecule has 15 heavy (non-hydrogen) atoms. The fourth-order valence-electron chi connectivity index (χ4n) is 2.34. The second-order valence-electron chi connectivity index (χ2n) is 4.07. The Balaban J connectivity index is 2.05. The predicted octanol–water partition coefficient (Wildman–Crippen LogP) is 0.551. The van der Waals surface area contributed by atoms with Crippen LogP contribution in [0.25, 0.3) is 10.9 Å². The second kappa shape index (κ2) is 3.59. The summed E-state index contributed by atoms with van der Waals surface area (Å²) in [4.78, 5) is 5.75. The van der Waals surface area contributed by atoms with Crippen LogP contribution in [0.4, 0.5) is 5.69 Å². The van der Waals surface area contributed by atoms with Crippen LogP contribution >= 0.6 is 0 Å². The van der Waals surface area contributed by atoms with E-state index in [1.807, 2.05) is 6.20 Å². The van der Waals surface area contributed by atoms with E-state index in [-0.39, 0.29) is 0 Å². The van der Waals surface area contributed by atoms with E-state index < -0.39 is 0 Å². The van der Waals surface area contributed by atoms with Gasteiger partial charge in [0.1, 0.15) is 0 Å². The fourth-order valence-corrected chi connectivity index (χ4v) is 2.34. The van der Waals surface area contributed by atoms with Gasteiger partial charge >= 0.3 is 0 Å². The number of nitrogens with two attached hydrogens (primary N) is 1. The van der Waals surface area contributed by atoms with Gasteiger partial charge in [0, 0.05) is 22.8 Å². The summed E-state index contributed by atoms with van der Waals surface area (Å²) in [6.07, 6.45) is 2.02. The van der Waals surface area contributed by atoms with E-state index in [1.165, 1.54) is 29.7 Å². The first-order valence-electron chi connectivity index (χ1n) is 5.58. The van der Waals surface area contributed by atoms with Crippen LogP contribution in [0.15, 0.2) is 30.5 Å². The summed E-state index contributed by atoms with van der Waals surface area (Å²) in [6, 6.07) is 8.66. The zero-order valence-corrected chi connectivity index (χ0v) is 8.74. The van der Waals surface area contributed by atoms with Crippen molar-refractivity contribution in [1.29, 1.82) is 0 Å². The molecule has 1 fully saturated rings. The van der Waals surface area contributed by atoms with Crippen molar-refractivity contribution in [2.75, 3.05) is 31.1 Å². The van der Waals surface area contributed by atoms with Crippen molar-refractivity contribution in [1.82, 2.24) is 4.98 Å². The van der Waals surface area contributed by atoms with Crippen molar-refractivity contribution in [3.05, 3.63) is 30.5 Å². The number of hydrogen-bond acceptors (Lipinski definition) is 1. The minimum atomic E-state index is 1.16. The number of rotatable bonds is 1. The molecule has 0 amide bonds. The third kappa shape index (κ3) is 1.49. The van der Waals surface area contributed by atoms with Gasteiger partial charge < -0.3 is 15.2 Å². The summed E-state index contributed by atoms with van der Waals surface area (Å²) in [6.45, 7) is 4.73. The van der Waals surface area contributed by atoms with Gasteiger partial charge in [0.25, 0.3) is 0 Å². The molecule has 78 valence electrons. The molecule has 3 rings (SSSR count). The number of fused-ring (bicyclic) bond motifs is 1. The van der Waals surface area contributed by atoms with Gasteiger partial charge in [-0.15, -0.1) is 0 Å². The zero-order chi connectivity index (χ0) is 10.1. The van der Waals surface area contributed by atoms with Crippen molar-refractivity contribution in [3.63, 3.8) is 0 Å². The predicted molar refractivity (Wildman–Crippen MR) is 62.2 cm³/mol. The van der Waals surface area contributed by atoms with Crippen LogP contribution < -0.4 is 10.2 Å². The van der Waals surface area contributed by atoms with Gasteiger partial charge in [0.2, 0.25) is 0 Å². The monoisotopic (exact) mass is 202 g/mol. The van der Waals surface area contributed by atoms with Crippen LogP contribution in [0.3, 0.4) is 0 Å². The van der Waals surface area contributed by atoms with E-state index in [9.17, 15) is 0 Å². The van der Waals surface area contributed by atoms with E-state index in [0.29, 0.717) is 0 Å². The van der Waals surface area contributed by atoms with Gasteiger partial charge in [-0.3, -0.25) is 0 Å². The van der Waals surface area contributed by atoms with E-state index in [0.717, 1.165) is 13.1 Å². The maximum Gasteiger partial charge on any atom is 0.0934 e. The summed E-state index contributed by atoms with van der Waals surface area (Å²) in [5.41, 5.74) is 2.61. The third-order valence-corrected chi connectivity index (χ3v) is 3.12. The molecule has 1 aromatic carbocycles. The number of nitrogens with one attached hydrogen (secondary N) is 1. The lowest BCUT2D eigenvalue weighted by atomic mass is 10.2. The molecule has 1 aliphatic heterocycles. The van der Waals surface area contributed by atoms with Crippen LogP contribution in [0.2, 0.25) is 0 Å². The molecule has 2 aromatic rings. The Kier molecular flexibility index (Phi) is 2.10. The normalized spacial score (nSPS) is 17.2. The van der Waals surface area contributed by atoms with Crippen molar-refractivity contribution < 1.29 is 5.32 Å². The van der Waals surface area contributed by atoms with Crippen molar-refractivity contribution in [2.45, 2.75) is 0 Å². The molecule has 1 saturated heterocycles. The molecule has 0 aliphatic carbocycles. The maximum absolute atomic E-state index is 3.26. The standard InChI is InChI=1S/C12H15N3/c1-2-11-10(4-5-14-11)12(3-1)15-8-6-13-7-9-15/h1-5,13-14H,6-9H2/p+1. The average Bonchev–Trinajstić information content (AvgIpc) is 2.78. The lowest BCUT2D eigenvalue weighted by Gasteiger charge is -2.27. The molecule has 3 heteroatoms. The third-order valence-electron chi connectivity index (χ3n) is 3.12. The largest absolute Gasteiger partial charge is 0.361 e. The van der Waals surface area contributed by atoms with Gasteiger partial charge in [0.15, 0.2) is 0 Å². The lowest BCUT2D eigenvalue weighted by Crippen LogP contribution is -2.89. The Morgan fingerprint density at radius 2 is 2.00 bits per heavy atom. The molecule has 0 atom stereocenters.